The van der Waals surface area contributed by atoms with Crippen LogP contribution in [0.5, 0.6) is 0 Å². The predicted octanol–water partition coefficient (Wildman–Crippen LogP) is 4.02. The number of hydrogen-bond acceptors (Lipinski definition) is 3. The number of rotatable bonds is 6. The first-order valence-electron chi connectivity index (χ1n) is 6.90. The van der Waals surface area contributed by atoms with Gasteiger partial charge in [-0.05, 0) is 16.7 Å². The maximum absolute atomic E-state index is 11.9. The first kappa shape index (κ1) is 15.7. The van der Waals surface area contributed by atoms with E-state index in [0.717, 1.165) is 16.7 Å². The van der Waals surface area contributed by atoms with Gasteiger partial charge in [-0.15, -0.1) is 0 Å². The average molecular weight is 294 g/mol. The van der Waals surface area contributed by atoms with Crippen LogP contribution in [0.1, 0.15) is 16.7 Å². The molecule has 3 heteroatoms. The molecule has 0 aliphatic rings. The maximum Gasteiger partial charge on any atom is 0.340 e. The number of carbonyl (C=O) groups excluding carboxylic acids is 1. The van der Waals surface area contributed by atoms with Gasteiger partial charge in [0.05, 0.1) is 5.57 Å². The van der Waals surface area contributed by atoms with Crippen molar-refractivity contribution in [1.29, 1.82) is 0 Å². The molecule has 0 N–H and O–H groups in total. The summed E-state index contributed by atoms with van der Waals surface area (Å²) in [5.41, 5.74) is 3.05. The molecular formula is C19H18O3. The van der Waals surface area contributed by atoms with Crippen LogP contribution < -0.4 is 0 Å². The van der Waals surface area contributed by atoms with Crippen molar-refractivity contribution in [2.24, 2.45) is 0 Å². The molecule has 0 fully saturated rings. The lowest BCUT2D eigenvalue weighted by Gasteiger charge is -2.09. The van der Waals surface area contributed by atoms with Crippen molar-refractivity contribution in [3.8, 4) is 0 Å². The normalized spacial score (nSPS) is 10.6. The van der Waals surface area contributed by atoms with Gasteiger partial charge < -0.3 is 9.47 Å². The van der Waals surface area contributed by atoms with Crippen molar-refractivity contribution in [2.75, 3.05) is 13.9 Å². The average Bonchev–Trinajstić information content (AvgIpc) is 2.58. The van der Waals surface area contributed by atoms with E-state index in [1.54, 1.807) is 0 Å². The highest BCUT2D eigenvalue weighted by Gasteiger charge is 2.13. The fourth-order valence-electron chi connectivity index (χ4n) is 1.98. The summed E-state index contributed by atoms with van der Waals surface area (Å²) in [6, 6.07) is 17.5. The van der Waals surface area contributed by atoms with Crippen LogP contribution in [0.25, 0.3) is 17.7 Å². The summed E-state index contributed by atoms with van der Waals surface area (Å²) in [5, 5.41) is 0. The Morgan fingerprint density at radius 3 is 2.45 bits per heavy atom. The van der Waals surface area contributed by atoms with Gasteiger partial charge in [-0.25, -0.2) is 4.79 Å². The summed E-state index contributed by atoms with van der Waals surface area (Å²) in [4.78, 5) is 11.9. The number of benzene rings is 2. The molecule has 0 aliphatic heterocycles. The first-order valence-corrected chi connectivity index (χ1v) is 6.90. The molecule has 0 heterocycles. The Kier molecular flexibility index (Phi) is 5.69. The molecule has 0 saturated heterocycles. The molecule has 0 spiro atoms. The summed E-state index contributed by atoms with van der Waals surface area (Å²) in [5.74, 6) is -0.484. The van der Waals surface area contributed by atoms with Crippen LogP contribution in [0.2, 0.25) is 0 Å². The molecule has 0 radical (unpaired) electrons. The molecule has 0 saturated carbocycles. The molecule has 112 valence electrons. The van der Waals surface area contributed by atoms with Gasteiger partial charge in [0, 0.05) is 7.11 Å². The SMILES string of the molecule is C=C(C(=O)OCOC)c1ccccc1/C=C/c1ccccc1. The van der Waals surface area contributed by atoms with Gasteiger partial charge in [-0.3, -0.25) is 0 Å². The van der Waals surface area contributed by atoms with Crippen molar-refractivity contribution in [3.63, 3.8) is 0 Å². The van der Waals surface area contributed by atoms with Gasteiger partial charge in [0.25, 0.3) is 0 Å². The zero-order valence-corrected chi connectivity index (χ0v) is 12.5. The van der Waals surface area contributed by atoms with Crippen LogP contribution in [-0.2, 0) is 14.3 Å². The Bertz CT molecular complexity index is 672. The summed E-state index contributed by atoms with van der Waals surface area (Å²) < 4.78 is 9.68. The van der Waals surface area contributed by atoms with Crippen LogP contribution in [-0.4, -0.2) is 19.9 Å². The lowest BCUT2D eigenvalue weighted by Crippen LogP contribution is -2.09. The van der Waals surface area contributed by atoms with E-state index in [1.807, 2.05) is 66.7 Å². The van der Waals surface area contributed by atoms with Gasteiger partial charge in [0.15, 0.2) is 6.79 Å². The Morgan fingerprint density at radius 2 is 1.73 bits per heavy atom. The molecule has 0 aliphatic carbocycles. The van der Waals surface area contributed by atoms with Crippen molar-refractivity contribution >= 4 is 23.7 Å². The van der Waals surface area contributed by atoms with E-state index >= 15 is 0 Å². The minimum absolute atomic E-state index is 0.0835. The van der Waals surface area contributed by atoms with Crippen LogP contribution in [0.3, 0.4) is 0 Å². The third kappa shape index (κ3) is 4.17. The minimum Gasteiger partial charge on any atom is -0.435 e. The summed E-state index contributed by atoms with van der Waals surface area (Å²) in [6.45, 7) is 3.75. The molecule has 2 aromatic rings. The highest BCUT2D eigenvalue weighted by atomic mass is 16.7. The Morgan fingerprint density at radius 1 is 1.05 bits per heavy atom. The minimum atomic E-state index is -0.484. The zero-order chi connectivity index (χ0) is 15.8. The Hall–Kier alpha value is -2.65. The van der Waals surface area contributed by atoms with Crippen LogP contribution in [0, 0.1) is 0 Å². The number of methoxy groups -OCH3 is 1. The van der Waals surface area contributed by atoms with Crippen LogP contribution >= 0.6 is 0 Å². The number of carbonyl (C=O) groups is 1. The number of ether oxygens (including phenoxy) is 2. The van der Waals surface area contributed by atoms with E-state index in [1.165, 1.54) is 7.11 Å². The lowest BCUT2D eigenvalue weighted by molar-refractivity contribution is -0.146. The summed E-state index contributed by atoms with van der Waals surface area (Å²) in [7, 11) is 1.46. The lowest BCUT2D eigenvalue weighted by atomic mass is 10.00. The van der Waals surface area contributed by atoms with Gasteiger partial charge >= 0.3 is 5.97 Å². The predicted molar refractivity (Wildman–Crippen MR) is 88.8 cm³/mol. The fraction of sp³-hybridized carbons (Fsp3) is 0.105. The second kappa shape index (κ2) is 7.96. The quantitative estimate of drug-likeness (QED) is 0.349. The smallest absolute Gasteiger partial charge is 0.340 e. The van der Waals surface area contributed by atoms with E-state index in [4.69, 9.17) is 9.47 Å². The molecule has 0 unspecified atom stereocenters. The summed E-state index contributed by atoms with van der Waals surface area (Å²) in [6.07, 6.45) is 3.95. The largest absolute Gasteiger partial charge is 0.435 e. The molecule has 22 heavy (non-hydrogen) atoms. The number of hydrogen-bond donors (Lipinski definition) is 0. The monoisotopic (exact) mass is 294 g/mol. The van der Waals surface area contributed by atoms with Crippen molar-refractivity contribution in [1.82, 2.24) is 0 Å². The molecule has 3 nitrogen and oxygen atoms in total. The van der Waals surface area contributed by atoms with Crippen molar-refractivity contribution in [2.45, 2.75) is 0 Å². The number of esters is 1. The molecule has 0 bridgehead atoms. The van der Waals surface area contributed by atoms with Crippen LogP contribution in [0.4, 0.5) is 0 Å². The highest BCUT2D eigenvalue weighted by Crippen LogP contribution is 2.21. The van der Waals surface area contributed by atoms with E-state index in [0.29, 0.717) is 5.57 Å². The maximum atomic E-state index is 11.9. The van der Waals surface area contributed by atoms with Gasteiger partial charge in [0.2, 0.25) is 0 Å². The van der Waals surface area contributed by atoms with E-state index in [9.17, 15) is 4.79 Å². The first-order chi connectivity index (χ1) is 10.7. The highest BCUT2D eigenvalue weighted by molar-refractivity contribution is 6.16. The zero-order valence-electron chi connectivity index (χ0n) is 12.5. The van der Waals surface area contributed by atoms with Gasteiger partial charge in [-0.1, -0.05) is 73.3 Å². The standard InChI is InChI=1S/C19H18O3/c1-15(19(20)22-14-21-2)18-11-7-6-10-17(18)13-12-16-8-4-3-5-9-16/h3-13H,1,14H2,2H3/b13-12+. The van der Waals surface area contributed by atoms with Crippen molar-refractivity contribution in [3.05, 3.63) is 77.9 Å². The molecular weight excluding hydrogens is 276 g/mol. The van der Waals surface area contributed by atoms with Crippen LogP contribution in [0.15, 0.2) is 61.2 Å². The Labute approximate surface area is 130 Å². The third-order valence-electron chi connectivity index (χ3n) is 3.10. The molecule has 0 amide bonds. The van der Waals surface area contributed by atoms with Crippen molar-refractivity contribution < 1.29 is 14.3 Å². The molecule has 2 aromatic carbocycles. The van der Waals surface area contributed by atoms with E-state index in [-0.39, 0.29) is 6.79 Å². The Balaban J connectivity index is 2.21. The molecule has 2 rings (SSSR count). The van der Waals surface area contributed by atoms with Gasteiger partial charge in [-0.2, -0.15) is 0 Å². The van der Waals surface area contributed by atoms with E-state index < -0.39 is 5.97 Å². The molecule has 0 atom stereocenters. The fourth-order valence-corrected chi connectivity index (χ4v) is 1.98. The van der Waals surface area contributed by atoms with E-state index in [2.05, 4.69) is 6.58 Å². The second-order valence-corrected chi connectivity index (χ2v) is 4.65. The third-order valence-corrected chi connectivity index (χ3v) is 3.10. The topological polar surface area (TPSA) is 35.5 Å². The molecule has 0 aromatic heterocycles. The van der Waals surface area contributed by atoms with Gasteiger partial charge in [0.1, 0.15) is 0 Å². The summed E-state index contributed by atoms with van der Waals surface area (Å²) >= 11 is 0. The second-order valence-electron chi connectivity index (χ2n) is 4.65.